The van der Waals surface area contributed by atoms with Gasteiger partial charge < -0.3 is 9.72 Å². The van der Waals surface area contributed by atoms with E-state index in [1.807, 2.05) is 30.3 Å². The predicted molar refractivity (Wildman–Crippen MR) is 99.7 cm³/mol. The van der Waals surface area contributed by atoms with E-state index in [1.165, 1.54) is 0 Å². The number of ether oxygens (including phenoxy) is 1. The van der Waals surface area contributed by atoms with Gasteiger partial charge in [-0.05, 0) is 35.8 Å². The molecule has 3 heterocycles. The maximum absolute atomic E-state index is 13.2. The third kappa shape index (κ3) is 2.46. The minimum Gasteiger partial charge on any atom is -0.372 e. The average molecular weight is 358 g/mol. The molecule has 2 aromatic heterocycles. The minimum atomic E-state index is -0.0399. The molecule has 24 heavy (non-hydrogen) atoms. The first-order valence-electron chi connectivity index (χ1n) is 8.03. The summed E-state index contributed by atoms with van der Waals surface area (Å²) in [5.41, 5.74) is 1.88. The van der Waals surface area contributed by atoms with Gasteiger partial charge >= 0.3 is 0 Å². The normalized spacial score (nSPS) is 17.4. The second-order valence-electron chi connectivity index (χ2n) is 6.41. The van der Waals surface area contributed by atoms with E-state index in [1.54, 1.807) is 15.9 Å². The Morgan fingerprint density at radius 3 is 2.79 bits per heavy atom. The number of benzene rings is 1. The van der Waals surface area contributed by atoms with Crippen molar-refractivity contribution in [2.45, 2.75) is 33.0 Å². The third-order valence-corrected chi connectivity index (χ3v) is 5.93. The molecule has 0 spiro atoms. The lowest BCUT2D eigenvalue weighted by molar-refractivity contribution is 0.00200. The molecule has 0 radical (unpaired) electrons. The molecular formula is C18H18N2O2S2. The fourth-order valence-corrected chi connectivity index (χ4v) is 4.70. The summed E-state index contributed by atoms with van der Waals surface area (Å²) in [7, 11) is 0. The molecule has 1 N–H and O–H groups in total. The molecule has 1 aliphatic rings. The zero-order chi connectivity index (χ0) is 16.8. The van der Waals surface area contributed by atoms with Crippen molar-refractivity contribution in [2.24, 2.45) is 5.92 Å². The van der Waals surface area contributed by atoms with E-state index in [-0.39, 0.29) is 11.7 Å². The van der Waals surface area contributed by atoms with E-state index in [9.17, 15) is 4.79 Å². The van der Waals surface area contributed by atoms with Gasteiger partial charge in [0, 0.05) is 11.3 Å². The number of hydrogen-bond acceptors (Lipinski definition) is 4. The molecule has 4 rings (SSSR count). The number of thiophene rings is 1. The van der Waals surface area contributed by atoms with Crippen molar-refractivity contribution in [1.82, 2.24) is 9.55 Å². The van der Waals surface area contributed by atoms with E-state index in [4.69, 9.17) is 17.0 Å². The summed E-state index contributed by atoms with van der Waals surface area (Å²) in [5.74, 6) is 0.423. The van der Waals surface area contributed by atoms with Crippen LogP contribution >= 0.6 is 23.6 Å². The van der Waals surface area contributed by atoms with Gasteiger partial charge in [0.05, 0.1) is 23.8 Å². The van der Waals surface area contributed by atoms with Crippen LogP contribution in [0.3, 0.4) is 0 Å². The Morgan fingerprint density at radius 1 is 1.33 bits per heavy atom. The number of nitrogens with one attached hydrogen (secondary N) is 1. The molecule has 0 aliphatic carbocycles. The van der Waals surface area contributed by atoms with Crippen LogP contribution in [0.4, 0.5) is 0 Å². The van der Waals surface area contributed by atoms with Crippen LogP contribution in [-0.2, 0) is 17.8 Å². The molecule has 1 aliphatic heterocycles. The smallest absolute Gasteiger partial charge is 0.267 e. The number of aromatic nitrogens is 2. The van der Waals surface area contributed by atoms with Gasteiger partial charge in [0.1, 0.15) is 4.83 Å². The number of nitrogens with zero attached hydrogens (tertiary/aromatic N) is 1. The third-order valence-electron chi connectivity index (χ3n) is 4.52. The molecule has 1 atom stereocenters. The van der Waals surface area contributed by atoms with Gasteiger partial charge in [-0.15, -0.1) is 11.3 Å². The van der Waals surface area contributed by atoms with Crippen molar-refractivity contribution in [3.05, 3.63) is 55.9 Å². The molecule has 0 saturated carbocycles. The number of rotatable bonds is 2. The molecule has 4 nitrogen and oxygen atoms in total. The molecule has 6 heteroatoms. The minimum absolute atomic E-state index is 0.0399. The number of para-hydroxylation sites is 1. The van der Waals surface area contributed by atoms with Gasteiger partial charge in [-0.2, -0.15) is 0 Å². The summed E-state index contributed by atoms with van der Waals surface area (Å²) in [4.78, 5) is 18.4. The molecule has 3 aromatic rings. The van der Waals surface area contributed by atoms with Crippen molar-refractivity contribution in [3.63, 3.8) is 0 Å². The molecule has 0 fully saturated rings. The zero-order valence-corrected chi connectivity index (χ0v) is 15.2. The van der Waals surface area contributed by atoms with Gasteiger partial charge in [0.15, 0.2) is 4.77 Å². The van der Waals surface area contributed by atoms with Crippen LogP contribution in [-0.4, -0.2) is 15.7 Å². The van der Waals surface area contributed by atoms with Crippen LogP contribution < -0.4 is 5.56 Å². The largest absolute Gasteiger partial charge is 0.372 e. The number of H-pyrrole nitrogens is 1. The van der Waals surface area contributed by atoms with Gasteiger partial charge in [-0.1, -0.05) is 32.0 Å². The highest BCUT2D eigenvalue weighted by Crippen LogP contribution is 2.35. The van der Waals surface area contributed by atoms with E-state index in [2.05, 4.69) is 18.8 Å². The number of hydrogen-bond donors (Lipinski definition) is 1. The Bertz CT molecular complexity index is 1020. The summed E-state index contributed by atoms with van der Waals surface area (Å²) >= 11 is 7.02. The Kier molecular flexibility index (Phi) is 3.90. The maximum atomic E-state index is 13.2. The highest BCUT2D eigenvalue weighted by molar-refractivity contribution is 7.71. The first-order chi connectivity index (χ1) is 11.6. The molecule has 1 aromatic carbocycles. The Hall–Kier alpha value is -1.76. The highest BCUT2D eigenvalue weighted by Gasteiger charge is 2.27. The first kappa shape index (κ1) is 15.7. The van der Waals surface area contributed by atoms with Gasteiger partial charge in [-0.3, -0.25) is 9.36 Å². The van der Waals surface area contributed by atoms with Crippen molar-refractivity contribution >= 4 is 33.8 Å². The van der Waals surface area contributed by atoms with E-state index >= 15 is 0 Å². The first-order valence-corrected chi connectivity index (χ1v) is 9.25. The fraction of sp³-hybridized carbons (Fsp3) is 0.333. The lowest BCUT2D eigenvalue weighted by Gasteiger charge is -2.26. The second kappa shape index (κ2) is 5.95. The van der Waals surface area contributed by atoms with Gasteiger partial charge in [0.25, 0.3) is 5.56 Å². The maximum Gasteiger partial charge on any atom is 0.267 e. The predicted octanol–water partition coefficient (Wildman–Crippen LogP) is 4.21. The van der Waals surface area contributed by atoms with Crippen molar-refractivity contribution < 1.29 is 4.74 Å². The second-order valence-corrected chi connectivity index (χ2v) is 7.90. The lowest BCUT2D eigenvalue weighted by atomic mass is 9.96. The molecule has 0 amide bonds. The van der Waals surface area contributed by atoms with Crippen LogP contribution in [0.5, 0.6) is 0 Å². The molecular weight excluding hydrogens is 340 g/mol. The summed E-state index contributed by atoms with van der Waals surface area (Å²) < 4.78 is 7.96. The van der Waals surface area contributed by atoms with Gasteiger partial charge in [0.2, 0.25) is 0 Å². The van der Waals surface area contributed by atoms with E-state index in [0.717, 1.165) is 32.8 Å². The average Bonchev–Trinajstić information content (AvgIpc) is 2.93. The quantitative estimate of drug-likeness (QED) is 0.698. The SMILES string of the molecule is CC(C)C1Cc2c(sc3[nH]c(=S)n(-c4ccccc4)c(=O)c23)CO1. The summed E-state index contributed by atoms with van der Waals surface area (Å²) in [6.45, 7) is 4.88. The summed E-state index contributed by atoms with van der Waals surface area (Å²) in [5, 5.41) is 0.765. The number of fused-ring (bicyclic) bond motifs is 3. The van der Waals surface area contributed by atoms with E-state index in [0.29, 0.717) is 17.3 Å². The van der Waals surface area contributed by atoms with Crippen molar-refractivity contribution in [3.8, 4) is 5.69 Å². The highest BCUT2D eigenvalue weighted by atomic mass is 32.1. The van der Waals surface area contributed by atoms with Crippen LogP contribution in [0.15, 0.2) is 35.1 Å². The lowest BCUT2D eigenvalue weighted by Crippen LogP contribution is -2.28. The van der Waals surface area contributed by atoms with Crippen molar-refractivity contribution in [1.29, 1.82) is 0 Å². The summed E-state index contributed by atoms with van der Waals surface area (Å²) in [6, 6.07) is 9.54. The van der Waals surface area contributed by atoms with Crippen LogP contribution in [0.25, 0.3) is 15.9 Å². The standard InChI is InChI=1S/C18H18N2O2S2/c1-10(2)13-8-12-14(9-22-13)24-16-15(12)17(21)20(18(23)19-16)11-6-4-3-5-7-11/h3-7,10,13H,8-9H2,1-2H3,(H,19,23). The van der Waals surface area contributed by atoms with Crippen LogP contribution in [0.1, 0.15) is 24.3 Å². The molecule has 124 valence electrons. The van der Waals surface area contributed by atoms with Gasteiger partial charge in [-0.25, -0.2) is 0 Å². The molecule has 0 saturated heterocycles. The monoisotopic (exact) mass is 358 g/mol. The molecule has 1 unspecified atom stereocenters. The topological polar surface area (TPSA) is 47.0 Å². The van der Waals surface area contributed by atoms with Crippen molar-refractivity contribution in [2.75, 3.05) is 0 Å². The molecule has 0 bridgehead atoms. The van der Waals surface area contributed by atoms with Crippen LogP contribution in [0, 0.1) is 10.7 Å². The number of aromatic amines is 1. The Morgan fingerprint density at radius 2 is 2.08 bits per heavy atom. The Balaban J connectivity index is 1.98. The summed E-state index contributed by atoms with van der Waals surface area (Å²) in [6.07, 6.45) is 0.935. The fourth-order valence-electron chi connectivity index (χ4n) is 3.20. The Labute approximate surface area is 148 Å². The van der Waals surface area contributed by atoms with E-state index < -0.39 is 0 Å². The van der Waals surface area contributed by atoms with Crippen LogP contribution in [0.2, 0.25) is 0 Å². The zero-order valence-electron chi connectivity index (χ0n) is 13.5.